The van der Waals surface area contributed by atoms with E-state index in [1.807, 2.05) is 0 Å². The highest BCUT2D eigenvalue weighted by Crippen LogP contribution is 2.53. The lowest BCUT2D eigenvalue weighted by Gasteiger charge is -2.50. The fraction of sp³-hybridized carbons (Fsp3) is 0.381. The highest BCUT2D eigenvalue weighted by molar-refractivity contribution is 6.24. The van der Waals surface area contributed by atoms with E-state index in [1.54, 1.807) is 0 Å². The molecule has 4 unspecified atom stereocenters. The first-order valence-electron chi connectivity index (χ1n) is 9.79. The lowest BCUT2D eigenvalue weighted by molar-refractivity contribution is -0.153. The van der Waals surface area contributed by atoms with Gasteiger partial charge < -0.3 is 26.2 Å². The second kappa shape index (κ2) is 6.97. The zero-order chi connectivity index (χ0) is 23.7. The van der Waals surface area contributed by atoms with E-state index in [1.165, 1.54) is 25.1 Å². The van der Waals surface area contributed by atoms with Crippen LogP contribution >= 0.6 is 0 Å². The van der Waals surface area contributed by atoms with Crippen LogP contribution in [0.15, 0.2) is 34.2 Å². The van der Waals surface area contributed by atoms with E-state index in [0.717, 1.165) is 6.07 Å². The number of aliphatic hydroxyl groups excluding tert-OH is 2. The zero-order valence-corrected chi connectivity index (χ0v) is 17.2. The van der Waals surface area contributed by atoms with Crippen LogP contribution in [0.3, 0.4) is 0 Å². The van der Waals surface area contributed by atoms with Crippen LogP contribution in [-0.4, -0.2) is 68.5 Å². The van der Waals surface area contributed by atoms with Gasteiger partial charge in [0.25, 0.3) is 5.91 Å². The lowest BCUT2D eigenvalue weighted by Crippen LogP contribution is -2.65. The van der Waals surface area contributed by atoms with Gasteiger partial charge in [-0.25, -0.2) is 0 Å². The maximum Gasteiger partial charge on any atom is 0.255 e. The second-order valence-corrected chi connectivity index (χ2v) is 8.51. The quantitative estimate of drug-likeness (QED) is 0.324. The summed E-state index contributed by atoms with van der Waals surface area (Å²) in [5, 5.41) is 46.2. The number of primary amides is 1. The summed E-state index contributed by atoms with van der Waals surface area (Å²) in [7, 11) is 3.03. The number of nitrogens with two attached hydrogens (primary N) is 1. The van der Waals surface area contributed by atoms with Crippen LogP contribution in [0.4, 0.5) is 5.69 Å². The number of rotatable bonds is 3. The molecule has 0 heterocycles. The third-order valence-corrected chi connectivity index (χ3v) is 6.68. The Balaban J connectivity index is 2.00. The van der Waals surface area contributed by atoms with Gasteiger partial charge >= 0.3 is 0 Å². The number of phenolic OH excluding ortho intramolecular Hbond substituents is 1. The molecule has 32 heavy (non-hydrogen) atoms. The van der Waals surface area contributed by atoms with Crippen LogP contribution in [-0.2, 0) is 20.8 Å². The van der Waals surface area contributed by atoms with Crippen molar-refractivity contribution in [3.05, 3.63) is 45.1 Å². The number of fused-ring (bicyclic) bond motifs is 3. The number of aromatic hydroxyl groups is 1. The first-order chi connectivity index (χ1) is 15.0. The number of Topliss-reactive ketones (excluding diaryl/α,β-unsaturated/α-hetero) is 2. The predicted octanol–water partition coefficient (Wildman–Crippen LogP) is 0.362. The summed E-state index contributed by atoms with van der Waals surface area (Å²) in [6, 6.07) is 1.25. The standard InChI is InChI=1S/C21H21N3O8/c1-24(2)15-9-6-7-5-8-10(23-32)3-4-11(25)13(8)16(26)12(7)18(28)21(9,31)19(29)14(17(15)27)20(22)30/h3-4,7,9,15,25-26,29,31H,5-6H2,1-2H3,(H2,22,30). The second-order valence-electron chi connectivity index (χ2n) is 8.51. The molecule has 1 aromatic carbocycles. The molecule has 11 heteroatoms. The summed E-state index contributed by atoms with van der Waals surface area (Å²) in [6.07, 6.45) is -0.0380. The fourth-order valence-electron chi connectivity index (χ4n) is 5.31. The summed E-state index contributed by atoms with van der Waals surface area (Å²) in [4.78, 5) is 51.1. The van der Waals surface area contributed by atoms with Crippen molar-refractivity contribution < 1.29 is 34.8 Å². The van der Waals surface area contributed by atoms with E-state index >= 15 is 0 Å². The monoisotopic (exact) mass is 443 g/mol. The maximum atomic E-state index is 13.5. The molecule has 1 fully saturated rings. The van der Waals surface area contributed by atoms with Crippen molar-refractivity contribution in [2.75, 3.05) is 14.1 Å². The molecule has 168 valence electrons. The Morgan fingerprint density at radius 2 is 1.88 bits per heavy atom. The molecule has 4 rings (SSSR count). The van der Waals surface area contributed by atoms with Gasteiger partial charge in [-0.15, -0.1) is 4.91 Å². The number of ketones is 2. The van der Waals surface area contributed by atoms with Gasteiger partial charge in [-0.1, -0.05) is 0 Å². The highest BCUT2D eigenvalue weighted by atomic mass is 16.3. The Kier molecular flexibility index (Phi) is 4.72. The molecule has 0 bridgehead atoms. The largest absolute Gasteiger partial charge is 0.508 e. The van der Waals surface area contributed by atoms with Gasteiger partial charge in [0.2, 0.25) is 5.78 Å². The SMILES string of the molecule is CN(C)C1C(=O)C(C(N)=O)=C(O)C2(O)C(=O)C3=C(O)c4c(O)ccc(N=O)c4CC3CC12. The van der Waals surface area contributed by atoms with E-state index < -0.39 is 63.8 Å². The molecule has 1 saturated carbocycles. The number of hydrogen-bond acceptors (Lipinski definition) is 10. The molecule has 0 aromatic heterocycles. The van der Waals surface area contributed by atoms with Crippen molar-refractivity contribution in [3.8, 4) is 5.75 Å². The summed E-state index contributed by atoms with van der Waals surface area (Å²) < 4.78 is 0. The third-order valence-electron chi connectivity index (χ3n) is 6.68. The van der Waals surface area contributed by atoms with Crippen molar-refractivity contribution in [2.24, 2.45) is 22.7 Å². The number of nitroso groups, excluding NO2 is 1. The number of benzene rings is 1. The molecule has 1 aromatic rings. The molecule has 4 atom stereocenters. The molecule has 0 radical (unpaired) electrons. The van der Waals surface area contributed by atoms with Gasteiger partial charge in [-0.05, 0) is 55.7 Å². The average Bonchev–Trinajstić information content (AvgIpc) is 2.70. The van der Waals surface area contributed by atoms with Crippen molar-refractivity contribution >= 4 is 28.9 Å². The number of phenols is 1. The van der Waals surface area contributed by atoms with Crippen molar-refractivity contribution in [1.82, 2.24) is 4.90 Å². The van der Waals surface area contributed by atoms with Crippen molar-refractivity contribution in [1.29, 1.82) is 0 Å². The lowest BCUT2D eigenvalue weighted by atomic mass is 9.57. The summed E-state index contributed by atoms with van der Waals surface area (Å²) in [6.45, 7) is 0. The molecule has 0 saturated heterocycles. The Bertz CT molecular complexity index is 1170. The Labute approximate surface area is 181 Å². The van der Waals surface area contributed by atoms with Gasteiger partial charge in [0.1, 0.15) is 28.5 Å². The fourth-order valence-corrected chi connectivity index (χ4v) is 5.31. The molecular formula is C21H21N3O8. The first-order valence-corrected chi connectivity index (χ1v) is 9.79. The topological polar surface area (TPSA) is 191 Å². The molecular weight excluding hydrogens is 422 g/mol. The zero-order valence-electron chi connectivity index (χ0n) is 17.2. The van der Waals surface area contributed by atoms with Crippen LogP contribution in [0.5, 0.6) is 5.75 Å². The predicted molar refractivity (Wildman–Crippen MR) is 110 cm³/mol. The minimum atomic E-state index is -2.69. The normalized spacial score (nSPS) is 29.6. The van der Waals surface area contributed by atoms with E-state index in [0.29, 0.717) is 0 Å². The molecule has 0 spiro atoms. The first kappa shape index (κ1) is 21.7. The van der Waals surface area contributed by atoms with E-state index in [2.05, 4.69) is 5.18 Å². The summed E-state index contributed by atoms with van der Waals surface area (Å²) in [5.41, 5.74) is 1.44. The van der Waals surface area contributed by atoms with E-state index in [9.17, 15) is 39.7 Å². The average molecular weight is 443 g/mol. The van der Waals surface area contributed by atoms with Gasteiger partial charge in [-0.2, -0.15) is 0 Å². The van der Waals surface area contributed by atoms with Gasteiger partial charge in [-0.3, -0.25) is 19.3 Å². The van der Waals surface area contributed by atoms with E-state index in [4.69, 9.17) is 5.73 Å². The van der Waals surface area contributed by atoms with E-state index in [-0.39, 0.29) is 35.2 Å². The molecule has 6 N–H and O–H groups in total. The molecule has 3 aliphatic carbocycles. The molecule has 11 nitrogen and oxygen atoms in total. The molecule has 3 aliphatic rings. The number of carbonyl (C=O) groups is 3. The number of carbonyl (C=O) groups excluding carboxylic acids is 3. The van der Waals surface area contributed by atoms with Crippen molar-refractivity contribution in [3.63, 3.8) is 0 Å². The number of likely N-dealkylation sites (N-methyl/N-ethyl adjacent to an activating group) is 1. The van der Waals surface area contributed by atoms with Crippen molar-refractivity contribution in [2.45, 2.75) is 24.5 Å². The number of nitrogens with zero attached hydrogens (tertiary/aromatic N) is 2. The minimum Gasteiger partial charge on any atom is -0.508 e. The smallest absolute Gasteiger partial charge is 0.255 e. The Morgan fingerprint density at radius 3 is 2.44 bits per heavy atom. The van der Waals surface area contributed by atoms with Gasteiger partial charge in [0.15, 0.2) is 11.4 Å². The van der Waals surface area contributed by atoms with Gasteiger partial charge in [0.05, 0.1) is 11.6 Å². The van der Waals surface area contributed by atoms with Crippen LogP contribution < -0.4 is 5.73 Å². The Morgan fingerprint density at radius 1 is 1.22 bits per heavy atom. The maximum absolute atomic E-state index is 13.5. The third kappa shape index (κ3) is 2.58. The van der Waals surface area contributed by atoms with Crippen LogP contribution in [0.1, 0.15) is 17.5 Å². The van der Waals surface area contributed by atoms with Crippen LogP contribution in [0, 0.1) is 16.7 Å². The Hall–Kier alpha value is -3.57. The van der Waals surface area contributed by atoms with Gasteiger partial charge in [0, 0.05) is 11.5 Å². The highest BCUT2D eigenvalue weighted by Gasteiger charge is 2.64. The number of aliphatic hydroxyl groups is 3. The molecule has 1 amide bonds. The van der Waals surface area contributed by atoms with Crippen LogP contribution in [0.25, 0.3) is 5.76 Å². The minimum absolute atomic E-state index is 0.0179. The number of hydrogen-bond donors (Lipinski definition) is 5. The molecule has 0 aliphatic heterocycles. The van der Waals surface area contributed by atoms with Crippen LogP contribution in [0.2, 0.25) is 0 Å². The number of amides is 1. The summed E-state index contributed by atoms with van der Waals surface area (Å²) >= 11 is 0. The summed E-state index contributed by atoms with van der Waals surface area (Å²) in [5.74, 6) is -7.38.